The molecule has 1 unspecified atom stereocenters. The Morgan fingerprint density at radius 2 is 2.33 bits per heavy atom. The minimum atomic E-state index is -0.270. The molecule has 4 heteroatoms. The number of fused-ring (bicyclic) bond motifs is 1. The average Bonchev–Trinajstić information content (AvgIpc) is 2.71. The lowest BCUT2D eigenvalue weighted by molar-refractivity contribution is -0.116. The topological polar surface area (TPSA) is 58.4 Å². The van der Waals surface area contributed by atoms with Crippen LogP contribution in [0.1, 0.15) is 31.0 Å². The van der Waals surface area contributed by atoms with Crippen LogP contribution in [0.3, 0.4) is 0 Å². The molecule has 1 aromatic rings. The van der Waals surface area contributed by atoms with Gasteiger partial charge in [-0.05, 0) is 37.1 Å². The number of anilines is 1. The van der Waals surface area contributed by atoms with Gasteiger partial charge in [0.2, 0.25) is 5.91 Å². The van der Waals surface area contributed by atoms with Crippen LogP contribution in [-0.2, 0) is 11.2 Å². The Kier molecular flexibility index (Phi) is 3.87. The van der Waals surface area contributed by atoms with Gasteiger partial charge >= 0.3 is 0 Å². The Labute approximate surface area is 108 Å². The fraction of sp³-hybridized carbons (Fsp3) is 0.500. The second-order valence-corrected chi connectivity index (χ2v) is 4.81. The molecule has 4 nitrogen and oxygen atoms in total. The lowest BCUT2D eigenvalue weighted by Crippen LogP contribution is -2.32. The molecule has 0 saturated carbocycles. The number of carbonyl (C=O) groups is 1. The molecule has 1 aliphatic rings. The molecular formula is C14H21N3O. The molecular weight excluding hydrogens is 226 g/mol. The molecule has 0 fully saturated rings. The van der Waals surface area contributed by atoms with Crippen LogP contribution >= 0.6 is 0 Å². The predicted octanol–water partition coefficient (Wildman–Crippen LogP) is 1.20. The van der Waals surface area contributed by atoms with E-state index in [1.807, 2.05) is 0 Å². The predicted molar refractivity (Wildman–Crippen MR) is 73.6 cm³/mol. The third kappa shape index (κ3) is 2.64. The number of carbonyl (C=O) groups excluding carboxylic acids is 1. The van der Waals surface area contributed by atoms with E-state index in [0.717, 1.165) is 25.2 Å². The van der Waals surface area contributed by atoms with Gasteiger partial charge in [0.25, 0.3) is 0 Å². The van der Waals surface area contributed by atoms with E-state index in [0.29, 0.717) is 12.6 Å². The van der Waals surface area contributed by atoms with Crippen molar-refractivity contribution in [2.24, 2.45) is 5.73 Å². The number of nitrogens with zero attached hydrogens (tertiary/aromatic N) is 1. The second kappa shape index (κ2) is 5.40. The summed E-state index contributed by atoms with van der Waals surface area (Å²) in [7, 11) is 0. The van der Waals surface area contributed by atoms with Crippen molar-refractivity contribution in [1.82, 2.24) is 5.32 Å². The summed E-state index contributed by atoms with van der Waals surface area (Å²) in [6.07, 6.45) is 0.995. The van der Waals surface area contributed by atoms with Gasteiger partial charge < -0.3 is 16.0 Å². The summed E-state index contributed by atoms with van der Waals surface area (Å²) in [5.74, 6) is -0.270. The van der Waals surface area contributed by atoms with Crippen molar-refractivity contribution >= 4 is 11.6 Å². The Bertz CT molecular complexity index is 445. The third-order valence-electron chi connectivity index (χ3n) is 3.45. The highest BCUT2D eigenvalue weighted by Crippen LogP contribution is 2.30. The molecule has 0 aromatic heterocycles. The first-order chi connectivity index (χ1) is 8.61. The normalized spacial score (nSPS) is 15.6. The van der Waals surface area contributed by atoms with E-state index >= 15 is 0 Å². The summed E-state index contributed by atoms with van der Waals surface area (Å²) in [6, 6.07) is 6.84. The molecule has 0 aliphatic carbocycles. The smallest absolute Gasteiger partial charge is 0.236 e. The summed E-state index contributed by atoms with van der Waals surface area (Å²) in [4.78, 5) is 13.1. The largest absolute Gasteiger partial charge is 0.368 e. The van der Waals surface area contributed by atoms with Crippen LogP contribution in [0.25, 0.3) is 0 Å². The van der Waals surface area contributed by atoms with Crippen molar-refractivity contribution in [3.8, 4) is 0 Å². The summed E-state index contributed by atoms with van der Waals surface area (Å²) < 4.78 is 0. The lowest BCUT2D eigenvalue weighted by atomic mass is 10.0. The van der Waals surface area contributed by atoms with Crippen LogP contribution in [0.15, 0.2) is 18.2 Å². The summed E-state index contributed by atoms with van der Waals surface area (Å²) >= 11 is 0. The standard InChI is InChI=1S/C14H21N3O/c1-3-16-10(2)11-4-5-13-12(8-11)6-7-17(13)9-14(15)18/h4-5,8,10,16H,3,6-7,9H2,1-2H3,(H2,15,18). The van der Waals surface area contributed by atoms with Gasteiger partial charge in [0.15, 0.2) is 0 Å². The Morgan fingerprint density at radius 3 is 3.00 bits per heavy atom. The van der Waals surface area contributed by atoms with Crippen molar-refractivity contribution < 1.29 is 4.79 Å². The van der Waals surface area contributed by atoms with Gasteiger partial charge in [-0.3, -0.25) is 4.79 Å². The van der Waals surface area contributed by atoms with E-state index in [9.17, 15) is 4.79 Å². The molecule has 18 heavy (non-hydrogen) atoms. The number of nitrogens with one attached hydrogen (secondary N) is 1. The monoisotopic (exact) mass is 247 g/mol. The number of amides is 1. The lowest BCUT2D eigenvalue weighted by Gasteiger charge is -2.18. The van der Waals surface area contributed by atoms with Crippen LogP contribution in [0.4, 0.5) is 5.69 Å². The molecule has 98 valence electrons. The van der Waals surface area contributed by atoms with Crippen LogP contribution in [0.5, 0.6) is 0 Å². The van der Waals surface area contributed by atoms with Crippen molar-refractivity contribution in [3.63, 3.8) is 0 Å². The van der Waals surface area contributed by atoms with E-state index in [-0.39, 0.29) is 5.91 Å². The highest BCUT2D eigenvalue weighted by molar-refractivity contribution is 5.80. The third-order valence-corrected chi connectivity index (χ3v) is 3.45. The van der Waals surface area contributed by atoms with Crippen molar-refractivity contribution in [2.75, 3.05) is 24.5 Å². The van der Waals surface area contributed by atoms with E-state index in [1.54, 1.807) is 0 Å². The number of nitrogens with two attached hydrogens (primary N) is 1. The SMILES string of the molecule is CCNC(C)c1ccc2c(c1)CCN2CC(N)=O. The van der Waals surface area contributed by atoms with Crippen molar-refractivity contribution in [2.45, 2.75) is 26.3 Å². The molecule has 0 spiro atoms. The van der Waals surface area contributed by atoms with E-state index < -0.39 is 0 Å². The van der Waals surface area contributed by atoms with Crippen molar-refractivity contribution in [3.05, 3.63) is 29.3 Å². The van der Waals surface area contributed by atoms with E-state index in [4.69, 9.17) is 5.73 Å². The maximum Gasteiger partial charge on any atom is 0.236 e. The molecule has 0 bridgehead atoms. The summed E-state index contributed by atoms with van der Waals surface area (Å²) in [5.41, 5.74) is 9.03. The van der Waals surface area contributed by atoms with Crippen LogP contribution in [-0.4, -0.2) is 25.5 Å². The van der Waals surface area contributed by atoms with E-state index in [1.165, 1.54) is 11.1 Å². The zero-order valence-electron chi connectivity index (χ0n) is 11.1. The Morgan fingerprint density at radius 1 is 1.56 bits per heavy atom. The first-order valence-corrected chi connectivity index (χ1v) is 6.51. The quantitative estimate of drug-likeness (QED) is 0.822. The zero-order valence-corrected chi connectivity index (χ0v) is 11.1. The molecule has 1 amide bonds. The second-order valence-electron chi connectivity index (χ2n) is 4.81. The maximum atomic E-state index is 11.0. The number of primary amides is 1. The fourth-order valence-corrected chi connectivity index (χ4v) is 2.54. The highest BCUT2D eigenvalue weighted by atomic mass is 16.1. The first-order valence-electron chi connectivity index (χ1n) is 6.51. The van der Waals surface area contributed by atoms with Gasteiger partial charge in [0.1, 0.15) is 0 Å². The van der Waals surface area contributed by atoms with Gasteiger partial charge in [-0.2, -0.15) is 0 Å². The zero-order chi connectivity index (χ0) is 13.1. The number of hydrogen-bond acceptors (Lipinski definition) is 3. The van der Waals surface area contributed by atoms with Crippen LogP contribution < -0.4 is 16.0 Å². The first kappa shape index (κ1) is 12.9. The Balaban J connectivity index is 2.17. The van der Waals surface area contributed by atoms with E-state index in [2.05, 4.69) is 42.3 Å². The van der Waals surface area contributed by atoms with Gasteiger partial charge in [-0.15, -0.1) is 0 Å². The molecule has 1 aliphatic heterocycles. The molecule has 1 aromatic carbocycles. The molecule has 0 radical (unpaired) electrons. The van der Waals surface area contributed by atoms with Crippen LogP contribution in [0.2, 0.25) is 0 Å². The van der Waals surface area contributed by atoms with Crippen LogP contribution in [0, 0.1) is 0 Å². The minimum Gasteiger partial charge on any atom is -0.368 e. The van der Waals surface area contributed by atoms with Gasteiger partial charge in [0, 0.05) is 18.3 Å². The molecule has 0 saturated heterocycles. The molecule has 3 N–H and O–H groups in total. The van der Waals surface area contributed by atoms with Gasteiger partial charge in [-0.1, -0.05) is 19.1 Å². The number of hydrogen-bond donors (Lipinski definition) is 2. The molecule has 2 rings (SSSR count). The number of benzene rings is 1. The Hall–Kier alpha value is -1.55. The fourth-order valence-electron chi connectivity index (χ4n) is 2.54. The molecule has 1 atom stereocenters. The van der Waals surface area contributed by atoms with Crippen molar-refractivity contribution in [1.29, 1.82) is 0 Å². The van der Waals surface area contributed by atoms with Gasteiger partial charge in [-0.25, -0.2) is 0 Å². The summed E-state index contributed by atoms with van der Waals surface area (Å²) in [6.45, 7) is 6.44. The molecule has 1 heterocycles. The highest BCUT2D eigenvalue weighted by Gasteiger charge is 2.21. The minimum absolute atomic E-state index is 0.270. The summed E-state index contributed by atoms with van der Waals surface area (Å²) in [5, 5.41) is 3.41. The maximum absolute atomic E-state index is 11.0. The number of rotatable bonds is 5. The average molecular weight is 247 g/mol. The van der Waals surface area contributed by atoms with Gasteiger partial charge in [0.05, 0.1) is 6.54 Å².